The highest BCUT2D eigenvalue weighted by Crippen LogP contribution is 2.24. The molecule has 5 heteroatoms. The molecular weight excluding hydrogens is 232 g/mol. The largest absolute Gasteiger partial charge is 0.481 e. The molecule has 0 rings (SSSR count). The lowest BCUT2D eigenvalue weighted by molar-refractivity contribution is -0.142. The molecule has 0 radical (unpaired) electrons. The SMILES string of the molecule is CC(C)CNC(=O)NCC(CC(C)(C)C)C(=O)O. The minimum Gasteiger partial charge on any atom is -0.481 e. The van der Waals surface area contributed by atoms with Gasteiger partial charge in [0.2, 0.25) is 0 Å². The van der Waals surface area contributed by atoms with Gasteiger partial charge in [0.25, 0.3) is 0 Å². The molecule has 0 aliphatic rings. The summed E-state index contributed by atoms with van der Waals surface area (Å²) in [5.74, 6) is -1.04. The van der Waals surface area contributed by atoms with Crippen LogP contribution in [0.1, 0.15) is 41.0 Å². The normalized spacial score (nSPS) is 13.2. The molecule has 0 spiro atoms. The van der Waals surface area contributed by atoms with Crippen LogP contribution in [0.15, 0.2) is 0 Å². The third-order valence-corrected chi connectivity index (χ3v) is 2.39. The third-order valence-electron chi connectivity index (χ3n) is 2.39. The van der Waals surface area contributed by atoms with Crippen molar-refractivity contribution in [2.24, 2.45) is 17.3 Å². The predicted octanol–water partition coefficient (Wildman–Crippen LogP) is 2.08. The summed E-state index contributed by atoms with van der Waals surface area (Å²) < 4.78 is 0. The maximum atomic E-state index is 11.4. The molecule has 0 aromatic heterocycles. The highest BCUT2D eigenvalue weighted by molar-refractivity contribution is 5.75. The molecule has 0 bridgehead atoms. The van der Waals surface area contributed by atoms with Crippen molar-refractivity contribution in [1.82, 2.24) is 10.6 Å². The van der Waals surface area contributed by atoms with Crippen molar-refractivity contribution in [3.05, 3.63) is 0 Å². The van der Waals surface area contributed by atoms with Gasteiger partial charge in [-0.1, -0.05) is 34.6 Å². The topological polar surface area (TPSA) is 78.4 Å². The van der Waals surface area contributed by atoms with E-state index < -0.39 is 11.9 Å². The number of carboxylic acids is 1. The molecule has 0 aromatic carbocycles. The van der Waals surface area contributed by atoms with E-state index in [2.05, 4.69) is 10.6 Å². The van der Waals surface area contributed by atoms with Gasteiger partial charge >= 0.3 is 12.0 Å². The number of nitrogens with one attached hydrogen (secondary N) is 2. The average Bonchev–Trinajstić information content (AvgIpc) is 2.19. The zero-order valence-corrected chi connectivity index (χ0v) is 12.0. The molecule has 1 unspecified atom stereocenters. The van der Waals surface area contributed by atoms with Gasteiger partial charge in [-0.25, -0.2) is 4.79 Å². The van der Waals surface area contributed by atoms with E-state index in [4.69, 9.17) is 5.11 Å². The molecular formula is C13H26N2O3. The van der Waals surface area contributed by atoms with Crippen LogP contribution >= 0.6 is 0 Å². The van der Waals surface area contributed by atoms with Crippen molar-refractivity contribution in [2.75, 3.05) is 13.1 Å². The maximum absolute atomic E-state index is 11.4. The second-order valence-corrected chi connectivity index (χ2v) is 6.28. The van der Waals surface area contributed by atoms with Crippen molar-refractivity contribution in [1.29, 1.82) is 0 Å². The van der Waals surface area contributed by atoms with Gasteiger partial charge in [-0.3, -0.25) is 4.79 Å². The van der Waals surface area contributed by atoms with Gasteiger partial charge in [0.05, 0.1) is 5.92 Å². The van der Waals surface area contributed by atoms with Crippen LogP contribution in [0.25, 0.3) is 0 Å². The first kappa shape index (κ1) is 16.7. The molecule has 0 saturated carbocycles. The summed E-state index contributed by atoms with van der Waals surface area (Å²) in [6, 6.07) is -0.302. The molecule has 106 valence electrons. The van der Waals surface area contributed by atoms with Crippen LogP contribution in [0, 0.1) is 17.3 Å². The second-order valence-electron chi connectivity index (χ2n) is 6.28. The number of carbonyl (C=O) groups excluding carboxylic acids is 1. The molecule has 5 nitrogen and oxygen atoms in total. The average molecular weight is 258 g/mol. The van der Waals surface area contributed by atoms with Crippen LogP contribution in [-0.4, -0.2) is 30.2 Å². The van der Waals surface area contributed by atoms with E-state index in [-0.39, 0.29) is 18.0 Å². The van der Waals surface area contributed by atoms with E-state index in [1.165, 1.54) is 0 Å². The smallest absolute Gasteiger partial charge is 0.314 e. The number of aliphatic carboxylic acids is 1. The summed E-state index contributed by atoms with van der Waals surface area (Å²) in [4.78, 5) is 22.5. The first-order valence-corrected chi connectivity index (χ1v) is 6.36. The molecule has 0 aromatic rings. The van der Waals surface area contributed by atoms with Crippen LogP contribution < -0.4 is 10.6 Å². The van der Waals surface area contributed by atoms with Crippen molar-refractivity contribution >= 4 is 12.0 Å². The highest BCUT2D eigenvalue weighted by atomic mass is 16.4. The maximum Gasteiger partial charge on any atom is 0.314 e. The van der Waals surface area contributed by atoms with Gasteiger partial charge in [-0.2, -0.15) is 0 Å². The Morgan fingerprint density at radius 1 is 1.11 bits per heavy atom. The number of carbonyl (C=O) groups is 2. The summed E-state index contributed by atoms with van der Waals surface area (Å²) in [5, 5.41) is 14.4. The molecule has 0 fully saturated rings. The lowest BCUT2D eigenvalue weighted by Crippen LogP contribution is -2.41. The van der Waals surface area contributed by atoms with Crippen LogP contribution in [-0.2, 0) is 4.79 Å². The van der Waals surface area contributed by atoms with Gasteiger partial charge < -0.3 is 15.7 Å². The number of hydrogen-bond donors (Lipinski definition) is 3. The quantitative estimate of drug-likeness (QED) is 0.682. The van der Waals surface area contributed by atoms with Crippen LogP contribution in [0.5, 0.6) is 0 Å². The Balaban J connectivity index is 4.12. The van der Waals surface area contributed by atoms with Crippen molar-refractivity contribution in [2.45, 2.75) is 41.0 Å². The number of rotatable bonds is 6. The van der Waals surface area contributed by atoms with Gasteiger partial charge in [-0.05, 0) is 17.8 Å². The summed E-state index contributed by atoms with van der Waals surface area (Å²) in [7, 11) is 0. The molecule has 0 aliphatic heterocycles. The molecule has 0 saturated heterocycles. The first-order valence-electron chi connectivity index (χ1n) is 6.36. The Labute approximate surface area is 109 Å². The number of urea groups is 1. The van der Waals surface area contributed by atoms with Crippen LogP contribution in [0.2, 0.25) is 0 Å². The van der Waals surface area contributed by atoms with Gasteiger partial charge in [0.15, 0.2) is 0 Å². The van der Waals surface area contributed by atoms with Gasteiger partial charge in [-0.15, -0.1) is 0 Å². The van der Waals surface area contributed by atoms with E-state index in [0.29, 0.717) is 18.9 Å². The Kier molecular flexibility index (Phi) is 6.73. The number of carboxylic acid groups (broad SMARTS) is 1. The molecule has 0 aliphatic carbocycles. The third kappa shape index (κ3) is 8.84. The highest BCUT2D eigenvalue weighted by Gasteiger charge is 2.24. The summed E-state index contributed by atoms with van der Waals surface area (Å²) >= 11 is 0. The minimum atomic E-state index is -0.867. The lowest BCUT2D eigenvalue weighted by atomic mass is 9.84. The van der Waals surface area contributed by atoms with E-state index in [0.717, 1.165) is 0 Å². The van der Waals surface area contributed by atoms with Gasteiger partial charge in [0, 0.05) is 13.1 Å². The van der Waals surface area contributed by atoms with Gasteiger partial charge in [0.1, 0.15) is 0 Å². The fourth-order valence-corrected chi connectivity index (χ4v) is 1.56. The van der Waals surface area contributed by atoms with Crippen LogP contribution in [0.3, 0.4) is 0 Å². The first-order chi connectivity index (χ1) is 8.11. The Morgan fingerprint density at radius 3 is 2.00 bits per heavy atom. The minimum absolute atomic E-state index is 0.0703. The summed E-state index contributed by atoms with van der Waals surface area (Å²) in [6.45, 7) is 10.7. The molecule has 1 atom stereocenters. The molecule has 2 amide bonds. The standard InChI is InChI=1S/C13H26N2O3/c1-9(2)7-14-12(18)15-8-10(11(16)17)6-13(3,4)5/h9-10H,6-8H2,1-5H3,(H,16,17)(H2,14,15,18). The van der Waals surface area contributed by atoms with Crippen molar-refractivity contribution < 1.29 is 14.7 Å². The molecule has 0 heterocycles. The lowest BCUT2D eigenvalue weighted by Gasteiger charge is -2.23. The zero-order valence-electron chi connectivity index (χ0n) is 12.0. The number of hydrogen-bond acceptors (Lipinski definition) is 2. The Hall–Kier alpha value is -1.26. The predicted molar refractivity (Wildman–Crippen MR) is 71.4 cm³/mol. The van der Waals surface area contributed by atoms with Crippen molar-refractivity contribution in [3.8, 4) is 0 Å². The molecule has 3 N–H and O–H groups in total. The fourth-order valence-electron chi connectivity index (χ4n) is 1.56. The summed E-state index contributed by atoms with van der Waals surface area (Å²) in [6.07, 6.45) is 0.535. The van der Waals surface area contributed by atoms with E-state index >= 15 is 0 Å². The zero-order chi connectivity index (χ0) is 14.3. The van der Waals surface area contributed by atoms with E-state index in [9.17, 15) is 9.59 Å². The summed E-state index contributed by atoms with van der Waals surface area (Å²) in [5.41, 5.74) is -0.0703. The Bertz CT molecular complexity index is 282. The number of amides is 2. The van der Waals surface area contributed by atoms with Crippen LogP contribution in [0.4, 0.5) is 4.79 Å². The monoisotopic (exact) mass is 258 g/mol. The second kappa shape index (κ2) is 7.24. The van der Waals surface area contributed by atoms with Crippen molar-refractivity contribution in [3.63, 3.8) is 0 Å². The van der Waals surface area contributed by atoms with E-state index in [1.54, 1.807) is 0 Å². The molecule has 18 heavy (non-hydrogen) atoms. The van der Waals surface area contributed by atoms with E-state index in [1.807, 2.05) is 34.6 Å². The Morgan fingerprint density at radius 2 is 1.61 bits per heavy atom. The fraction of sp³-hybridized carbons (Fsp3) is 0.846.